The van der Waals surface area contributed by atoms with Crippen LogP contribution in [0.4, 0.5) is 34.1 Å². The monoisotopic (exact) mass is 451 g/mol. The lowest BCUT2D eigenvalue weighted by Crippen LogP contribution is -2.22. The lowest BCUT2D eigenvalue weighted by Gasteiger charge is -2.24. The Kier molecular flexibility index (Phi) is 7.54. The first-order chi connectivity index (χ1) is 14.8. The third-order valence-corrected chi connectivity index (χ3v) is 5.72. The first-order valence-corrected chi connectivity index (χ1v) is 11.0. The van der Waals surface area contributed by atoms with E-state index in [1.54, 1.807) is 30.1 Å². The predicted octanol–water partition coefficient (Wildman–Crippen LogP) is 7.26. The Morgan fingerprint density at radius 2 is 1.81 bits per heavy atom. The SMILES string of the molecule is CCCCCN(C)c1ccc(Nc2nc(Cc3ccc(F)cc3)cs2)cc1C(F)(F)F. The van der Waals surface area contributed by atoms with Crippen molar-refractivity contribution in [3.05, 3.63) is 70.5 Å². The number of thiazole rings is 1. The van der Waals surface area contributed by atoms with E-state index in [1.165, 1.54) is 29.5 Å². The van der Waals surface area contributed by atoms with E-state index in [0.29, 0.717) is 23.8 Å². The normalized spacial score (nSPS) is 11.5. The molecule has 0 fully saturated rings. The fourth-order valence-corrected chi connectivity index (χ4v) is 4.00. The molecule has 0 amide bonds. The van der Waals surface area contributed by atoms with E-state index in [2.05, 4.69) is 17.2 Å². The molecule has 0 aliphatic heterocycles. The van der Waals surface area contributed by atoms with Gasteiger partial charge in [0.1, 0.15) is 5.82 Å². The van der Waals surface area contributed by atoms with Crippen LogP contribution in [0.3, 0.4) is 0 Å². The zero-order valence-electron chi connectivity index (χ0n) is 17.5. The minimum absolute atomic E-state index is 0.172. The maximum absolute atomic E-state index is 13.7. The Balaban J connectivity index is 1.74. The van der Waals surface area contributed by atoms with Crippen molar-refractivity contribution in [1.29, 1.82) is 0 Å². The van der Waals surface area contributed by atoms with Gasteiger partial charge in [-0.15, -0.1) is 11.3 Å². The number of benzene rings is 2. The third-order valence-electron chi connectivity index (χ3n) is 4.91. The van der Waals surface area contributed by atoms with E-state index in [1.807, 2.05) is 5.38 Å². The largest absolute Gasteiger partial charge is 0.418 e. The van der Waals surface area contributed by atoms with Gasteiger partial charge in [-0.25, -0.2) is 9.37 Å². The molecule has 0 unspecified atom stereocenters. The number of unbranched alkanes of at least 4 members (excludes halogenated alkanes) is 2. The molecule has 1 aromatic heterocycles. The van der Waals surface area contributed by atoms with Gasteiger partial charge in [0, 0.05) is 36.8 Å². The van der Waals surface area contributed by atoms with Gasteiger partial charge in [-0.3, -0.25) is 0 Å². The second-order valence-corrected chi connectivity index (χ2v) is 8.29. The van der Waals surface area contributed by atoms with Gasteiger partial charge >= 0.3 is 6.18 Å². The maximum Gasteiger partial charge on any atom is 0.418 e. The number of hydrogen-bond donors (Lipinski definition) is 1. The Morgan fingerprint density at radius 1 is 1.06 bits per heavy atom. The van der Waals surface area contributed by atoms with Crippen LogP contribution in [0, 0.1) is 5.82 Å². The van der Waals surface area contributed by atoms with Gasteiger partial charge in [0.2, 0.25) is 0 Å². The first-order valence-electron chi connectivity index (χ1n) is 10.1. The highest BCUT2D eigenvalue weighted by Gasteiger charge is 2.34. The fraction of sp³-hybridized carbons (Fsp3) is 0.348. The smallest absolute Gasteiger partial charge is 0.374 e. The van der Waals surface area contributed by atoms with Crippen molar-refractivity contribution in [3.8, 4) is 0 Å². The van der Waals surface area contributed by atoms with E-state index in [-0.39, 0.29) is 11.5 Å². The van der Waals surface area contributed by atoms with Crippen molar-refractivity contribution in [2.24, 2.45) is 0 Å². The summed E-state index contributed by atoms with van der Waals surface area (Å²) >= 11 is 1.32. The number of halogens is 4. The highest BCUT2D eigenvalue weighted by molar-refractivity contribution is 7.13. The van der Waals surface area contributed by atoms with Gasteiger partial charge in [0.25, 0.3) is 0 Å². The number of rotatable bonds is 9. The van der Waals surface area contributed by atoms with E-state index in [9.17, 15) is 17.6 Å². The summed E-state index contributed by atoms with van der Waals surface area (Å²) in [5, 5.41) is 5.33. The molecule has 0 bridgehead atoms. The molecule has 0 aliphatic carbocycles. The lowest BCUT2D eigenvalue weighted by atomic mass is 10.1. The van der Waals surface area contributed by atoms with Gasteiger partial charge in [0.15, 0.2) is 5.13 Å². The molecule has 0 aliphatic rings. The summed E-state index contributed by atoms with van der Waals surface area (Å²) in [5.41, 5.74) is 1.51. The van der Waals surface area contributed by atoms with Crippen LogP contribution in [0.2, 0.25) is 0 Å². The van der Waals surface area contributed by atoms with Crippen LogP contribution in [0.5, 0.6) is 0 Å². The molecule has 1 N–H and O–H groups in total. The fourth-order valence-electron chi connectivity index (χ4n) is 3.27. The average molecular weight is 452 g/mol. The average Bonchev–Trinajstić information content (AvgIpc) is 3.16. The van der Waals surface area contributed by atoms with Crippen LogP contribution in [-0.2, 0) is 12.6 Å². The van der Waals surface area contributed by atoms with Crippen LogP contribution in [0.25, 0.3) is 0 Å². The van der Waals surface area contributed by atoms with E-state index in [0.717, 1.165) is 36.6 Å². The highest BCUT2D eigenvalue weighted by Crippen LogP contribution is 2.38. The Hall–Kier alpha value is -2.61. The van der Waals surface area contributed by atoms with Gasteiger partial charge in [-0.2, -0.15) is 13.2 Å². The minimum Gasteiger partial charge on any atom is -0.374 e. The molecule has 2 aromatic carbocycles. The van der Waals surface area contributed by atoms with Gasteiger partial charge in [0.05, 0.1) is 11.3 Å². The number of hydrogen-bond acceptors (Lipinski definition) is 4. The summed E-state index contributed by atoms with van der Waals surface area (Å²) in [6.07, 6.45) is -1.09. The minimum atomic E-state index is -4.46. The van der Waals surface area contributed by atoms with Crippen molar-refractivity contribution < 1.29 is 17.6 Å². The van der Waals surface area contributed by atoms with Crippen LogP contribution < -0.4 is 10.2 Å². The summed E-state index contributed by atoms with van der Waals surface area (Å²) in [6, 6.07) is 10.4. The molecule has 3 nitrogen and oxygen atoms in total. The Labute approximate surface area is 183 Å². The highest BCUT2D eigenvalue weighted by atomic mass is 32.1. The topological polar surface area (TPSA) is 28.2 Å². The molecule has 1 heterocycles. The van der Waals surface area contributed by atoms with Crippen LogP contribution in [-0.4, -0.2) is 18.6 Å². The Morgan fingerprint density at radius 3 is 2.48 bits per heavy atom. The summed E-state index contributed by atoms with van der Waals surface area (Å²) in [6.45, 7) is 2.63. The van der Waals surface area contributed by atoms with Crippen LogP contribution in [0.15, 0.2) is 47.8 Å². The number of alkyl halides is 3. The molecular formula is C23H25F4N3S. The van der Waals surface area contributed by atoms with Crippen molar-refractivity contribution in [1.82, 2.24) is 4.98 Å². The second kappa shape index (κ2) is 10.1. The second-order valence-electron chi connectivity index (χ2n) is 7.43. The summed E-state index contributed by atoms with van der Waals surface area (Å²) in [4.78, 5) is 6.10. The van der Waals surface area contributed by atoms with Crippen molar-refractivity contribution in [2.75, 3.05) is 23.8 Å². The molecule has 3 aromatic rings. The number of nitrogens with zero attached hydrogens (tertiary/aromatic N) is 2. The predicted molar refractivity (Wildman–Crippen MR) is 119 cm³/mol. The summed E-state index contributed by atoms with van der Waals surface area (Å²) in [7, 11) is 1.69. The molecule has 166 valence electrons. The molecule has 0 atom stereocenters. The zero-order valence-corrected chi connectivity index (χ0v) is 18.3. The first kappa shape index (κ1) is 23.1. The van der Waals surface area contributed by atoms with Gasteiger partial charge in [-0.05, 0) is 42.3 Å². The number of anilines is 3. The van der Waals surface area contributed by atoms with E-state index >= 15 is 0 Å². The van der Waals surface area contributed by atoms with Crippen molar-refractivity contribution in [3.63, 3.8) is 0 Å². The van der Waals surface area contributed by atoms with Crippen molar-refractivity contribution in [2.45, 2.75) is 38.8 Å². The van der Waals surface area contributed by atoms with E-state index < -0.39 is 11.7 Å². The molecule has 0 spiro atoms. The molecule has 3 rings (SSSR count). The third kappa shape index (κ3) is 6.43. The molecule has 0 saturated carbocycles. The molecular weight excluding hydrogens is 426 g/mol. The quantitative estimate of drug-likeness (QED) is 0.274. The van der Waals surface area contributed by atoms with Crippen LogP contribution in [0.1, 0.15) is 43.0 Å². The lowest BCUT2D eigenvalue weighted by molar-refractivity contribution is -0.137. The molecule has 31 heavy (non-hydrogen) atoms. The van der Waals surface area contributed by atoms with Crippen LogP contribution >= 0.6 is 11.3 Å². The summed E-state index contributed by atoms with van der Waals surface area (Å²) in [5.74, 6) is -0.302. The Bertz CT molecular complexity index is 983. The standard InChI is InChI=1S/C23H25F4N3S/c1-3-4-5-12-30(2)21-11-10-18(14-20(21)23(25,26)27)28-22-29-19(15-31-22)13-16-6-8-17(24)9-7-16/h6-11,14-15H,3-5,12-13H2,1-2H3,(H,28,29). The van der Waals surface area contributed by atoms with Crippen molar-refractivity contribution >= 4 is 27.8 Å². The summed E-state index contributed by atoms with van der Waals surface area (Å²) < 4.78 is 54.1. The number of aromatic nitrogens is 1. The maximum atomic E-state index is 13.7. The molecule has 0 radical (unpaired) electrons. The number of nitrogens with one attached hydrogen (secondary N) is 1. The molecule has 0 saturated heterocycles. The molecule has 8 heteroatoms. The van der Waals surface area contributed by atoms with Gasteiger partial charge < -0.3 is 10.2 Å². The zero-order chi connectivity index (χ0) is 22.4. The van der Waals surface area contributed by atoms with E-state index in [4.69, 9.17) is 0 Å². The van der Waals surface area contributed by atoms with Gasteiger partial charge in [-0.1, -0.05) is 31.9 Å².